The van der Waals surface area contributed by atoms with E-state index in [1.54, 1.807) is 14.2 Å². The molecule has 0 radical (unpaired) electrons. The molecule has 106 valence electrons. The van der Waals surface area contributed by atoms with Crippen molar-refractivity contribution >= 4 is 5.91 Å². The lowest BCUT2D eigenvalue weighted by atomic mass is 10.1. The van der Waals surface area contributed by atoms with Crippen LogP contribution in [-0.2, 0) is 20.7 Å². The van der Waals surface area contributed by atoms with E-state index < -0.39 is 6.29 Å². The Morgan fingerprint density at radius 3 is 2.58 bits per heavy atom. The van der Waals surface area contributed by atoms with Crippen LogP contribution in [0.3, 0.4) is 0 Å². The highest BCUT2D eigenvalue weighted by Gasteiger charge is 2.17. The molecule has 1 aromatic carbocycles. The first-order valence-electron chi connectivity index (χ1n) is 6.47. The fourth-order valence-electron chi connectivity index (χ4n) is 2.02. The van der Waals surface area contributed by atoms with Crippen LogP contribution < -0.4 is 5.32 Å². The van der Waals surface area contributed by atoms with Gasteiger partial charge in [0.15, 0.2) is 6.29 Å². The van der Waals surface area contributed by atoms with Gasteiger partial charge >= 0.3 is 0 Å². The Bertz CT molecular complexity index is 402. The van der Waals surface area contributed by atoms with Gasteiger partial charge in [0.05, 0.1) is 6.04 Å². The van der Waals surface area contributed by atoms with E-state index in [0.29, 0.717) is 6.42 Å². The molecule has 0 aliphatic carbocycles. The highest BCUT2D eigenvalue weighted by atomic mass is 16.7. The van der Waals surface area contributed by atoms with Gasteiger partial charge in [-0.3, -0.25) is 4.79 Å². The summed E-state index contributed by atoms with van der Waals surface area (Å²) in [5, 5.41) is 2.88. The first-order chi connectivity index (χ1) is 9.06. The lowest BCUT2D eigenvalue weighted by molar-refractivity contribution is -0.135. The number of hydrogen-bond donors (Lipinski definition) is 1. The van der Waals surface area contributed by atoms with Crippen molar-refractivity contribution in [1.82, 2.24) is 5.32 Å². The molecule has 4 heteroatoms. The monoisotopic (exact) mass is 265 g/mol. The number of methoxy groups -OCH3 is 2. The second-order valence-corrected chi connectivity index (χ2v) is 4.69. The van der Waals surface area contributed by atoms with E-state index in [9.17, 15) is 4.79 Å². The second kappa shape index (κ2) is 7.92. The molecule has 0 heterocycles. The van der Waals surface area contributed by atoms with E-state index in [2.05, 4.69) is 11.4 Å². The number of amides is 1. The minimum Gasteiger partial charge on any atom is -0.354 e. The Morgan fingerprint density at radius 1 is 1.32 bits per heavy atom. The van der Waals surface area contributed by atoms with Crippen molar-refractivity contribution in [3.63, 3.8) is 0 Å². The largest absolute Gasteiger partial charge is 0.354 e. The predicted octanol–water partition coefficient (Wildman–Crippen LogP) is 2.05. The fraction of sp³-hybridized carbons (Fsp3) is 0.533. The molecule has 1 rings (SSSR count). The van der Waals surface area contributed by atoms with Crippen LogP contribution in [0.4, 0.5) is 0 Å². The van der Waals surface area contributed by atoms with Crippen LogP contribution in [-0.4, -0.2) is 32.5 Å². The number of carbonyl (C=O) groups is 1. The van der Waals surface area contributed by atoms with Gasteiger partial charge in [-0.1, -0.05) is 29.8 Å². The molecule has 0 saturated heterocycles. The molecule has 19 heavy (non-hydrogen) atoms. The Balaban J connectivity index is 2.39. The van der Waals surface area contributed by atoms with E-state index >= 15 is 0 Å². The maximum atomic E-state index is 11.8. The van der Waals surface area contributed by atoms with Gasteiger partial charge < -0.3 is 14.8 Å². The summed E-state index contributed by atoms with van der Waals surface area (Å²) in [5.74, 6) is 0.00751. The van der Waals surface area contributed by atoms with Crippen LogP contribution in [0.5, 0.6) is 0 Å². The number of nitrogens with one attached hydrogen (secondary N) is 1. The zero-order valence-electron chi connectivity index (χ0n) is 12.1. The number of aryl methyl sites for hydroxylation is 2. The Kier molecular flexibility index (Phi) is 6.53. The Labute approximate surface area is 115 Å². The van der Waals surface area contributed by atoms with E-state index in [-0.39, 0.29) is 11.9 Å². The quantitative estimate of drug-likeness (QED) is 0.768. The van der Waals surface area contributed by atoms with Crippen LogP contribution in [0.1, 0.15) is 24.5 Å². The maximum Gasteiger partial charge on any atom is 0.220 e. The molecule has 0 aromatic heterocycles. The van der Waals surface area contributed by atoms with E-state index in [0.717, 1.165) is 6.42 Å². The summed E-state index contributed by atoms with van der Waals surface area (Å²) in [6.45, 7) is 3.91. The number of rotatable bonds is 7. The van der Waals surface area contributed by atoms with Gasteiger partial charge in [-0.15, -0.1) is 0 Å². The second-order valence-electron chi connectivity index (χ2n) is 4.69. The van der Waals surface area contributed by atoms with Crippen LogP contribution >= 0.6 is 0 Å². The first kappa shape index (κ1) is 15.7. The summed E-state index contributed by atoms with van der Waals surface area (Å²) in [6.07, 6.45) is 0.793. The third kappa shape index (κ3) is 5.41. The molecule has 0 spiro atoms. The summed E-state index contributed by atoms with van der Waals surface area (Å²) in [6, 6.07) is 8.03. The van der Waals surface area contributed by atoms with Gasteiger partial charge in [0.25, 0.3) is 0 Å². The zero-order valence-corrected chi connectivity index (χ0v) is 12.1. The minimum absolute atomic E-state index is 0.00751. The standard InChI is InChI=1S/C15H23NO3/c1-11-6-5-7-13(10-11)8-9-14(17)16-12(2)15(18-3)19-4/h5-7,10,12,15H,8-9H2,1-4H3,(H,16,17). The number of ether oxygens (including phenoxy) is 2. The molecule has 1 amide bonds. The molecule has 0 saturated carbocycles. The lowest BCUT2D eigenvalue weighted by Gasteiger charge is -2.22. The van der Waals surface area contributed by atoms with Gasteiger partial charge in [0, 0.05) is 20.6 Å². The topological polar surface area (TPSA) is 47.6 Å². The van der Waals surface area contributed by atoms with Crippen molar-refractivity contribution in [1.29, 1.82) is 0 Å². The van der Waals surface area contributed by atoms with Gasteiger partial charge in [-0.2, -0.15) is 0 Å². The smallest absolute Gasteiger partial charge is 0.220 e. The molecule has 0 aliphatic rings. The third-order valence-electron chi connectivity index (χ3n) is 2.98. The molecular formula is C15H23NO3. The normalized spacial score (nSPS) is 12.5. The highest BCUT2D eigenvalue weighted by Crippen LogP contribution is 2.07. The Morgan fingerprint density at radius 2 is 2.00 bits per heavy atom. The van der Waals surface area contributed by atoms with Crippen molar-refractivity contribution in [3.8, 4) is 0 Å². The molecule has 1 aromatic rings. The molecule has 0 aliphatic heterocycles. The van der Waals surface area contributed by atoms with E-state index in [1.165, 1.54) is 11.1 Å². The third-order valence-corrected chi connectivity index (χ3v) is 2.98. The molecule has 1 N–H and O–H groups in total. The van der Waals surface area contributed by atoms with Crippen LogP contribution in [0.25, 0.3) is 0 Å². The number of hydrogen-bond acceptors (Lipinski definition) is 3. The van der Waals surface area contributed by atoms with Gasteiger partial charge in [0.1, 0.15) is 0 Å². The van der Waals surface area contributed by atoms with Crippen LogP contribution in [0, 0.1) is 6.92 Å². The molecule has 1 atom stereocenters. The molecule has 1 unspecified atom stereocenters. The predicted molar refractivity (Wildman–Crippen MR) is 74.9 cm³/mol. The average molecular weight is 265 g/mol. The van der Waals surface area contributed by atoms with Crippen molar-refractivity contribution < 1.29 is 14.3 Å². The van der Waals surface area contributed by atoms with Gasteiger partial charge in [-0.05, 0) is 25.8 Å². The summed E-state index contributed by atoms with van der Waals surface area (Å²) in [7, 11) is 3.12. The van der Waals surface area contributed by atoms with Gasteiger partial charge in [0.2, 0.25) is 5.91 Å². The highest BCUT2D eigenvalue weighted by molar-refractivity contribution is 5.76. The number of carbonyl (C=O) groups excluding carboxylic acids is 1. The first-order valence-corrected chi connectivity index (χ1v) is 6.47. The Hall–Kier alpha value is -1.39. The summed E-state index contributed by atoms with van der Waals surface area (Å²) in [5.41, 5.74) is 2.39. The van der Waals surface area contributed by atoms with Crippen molar-refractivity contribution in [2.45, 2.75) is 39.0 Å². The van der Waals surface area contributed by atoms with Crippen molar-refractivity contribution in [3.05, 3.63) is 35.4 Å². The van der Waals surface area contributed by atoms with E-state index in [4.69, 9.17) is 9.47 Å². The molecule has 4 nitrogen and oxygen atoms in total. The minimum atomic E-state index is -0.414. The van der Waals surface area contributed by atoms with Crippen molar-refractivity contribution in [2.24, 2.45) is 0 Å². The SMILES string of the molecule is COC(OC)C(C)NC(=O)CCc1cccc(C)c1. The van der Waals surface area contributed by atoms with Crippen LogP contribution in [0.15, 0.2) is 24.3 Å². The summed E-state index contributed by atoms with van der Waals surface area (Å²) < 4.78 is 10.2. The maximum absolute atomic E-state index is 11.8. The number of benzene rings is 1. The average Bonchev–Trinajstić information content (AvgIpc) is 2.38. The fourth-order valence-corrected chi connectivity index (χ4v) is 2.02. The van der Waals surface area contributed by atoms with Crippen LogP contribution in [0.2, 0.25) is 0 Å². The van der Waals surface area contributed by atoms with Gasteiger partial charge in [-0.25, -0.2) is 0 Å². The van der Waals surface area contributed by atoms with E-state index in [1.807, 2.05) is 32.0 Å². The lowest BCUT2D eigenvalue weighted by Crippen LogP contribution is -2.43. The molecular weight excluding hydrogens is 242 g/mol. The zero-order chi connectivity index (χ0) is 14.3. The summed E-state index contributed by atoms with van der Waals surface area (Å²) >= 11 is 0. The molecule has 0 bridgehead atoms. The van der Waals surface area contributed by atoms with Crippen molar-refractivity contribution in [2.75, 3.05) is 14.2 Å². The molecule has 0 fully saturated rings. The summed E-state index contributed by atoms with van der Waals surface area (Å²) in [4.78, 5) is 11.8.